The molecule has 0 bridgehead atoms. The molecule has 1 aliphatic carbocycles. The number of piperidine rings is 1. The lowest BCUT2D eigenvalue weighted by molar-refractivity contribution is -0.126. The number of carbonyl (C=O) groups excluding carboxylic acids is 1. The van der Waals surface area contributed by atoms with E-state index in [2.05, 4.69) is 27.1 Å². The van der Waals surface area contributed by atoms with E-state index in [0.29, 0.717) is 22.9 Å². The highest BCUT2D eigenvalue weighted by Gasteiger charge is 2.30. The third-order valence-electron chi connectivity index (χ3n) is 6.81. The van der Waals surface area contributed by atoms with Crippen molar-refractivity contribution < 1.29 is 9.18 Å². The van der Waals surface area contributed by atoms with E-state index in [-0.39, 0.29) is 17.6 Å². The summed E-state index contributed by atoms with van der Waals surface area (Å²) in [5.74, 6) is 1.47. The molecule has 0 spiro atoms. The second-order valence-corrected chi connectivity index (χ2v) is 9.78. The fraction of sp³-hybridized carbons (Fsp3) is 0.522. The van der Waals surface area contributed by atoms with Crippen molar-refractivity contribution in [1.82, 2.24) is 15.3 Å². The standard InChI is InChI=1S/C23H27FN4OS/c1-14-5-2-3-7-17(14)27-23(29)15-9-11-28(12-10-15)22-21-20(25-13-26-22)19-16(24)6-4-8-18(19)30-21/h4,6,8,13-15,17H,2-3,5,7,9-12H2,1H3,(H,27,29)/t14-,17-/m0/s1. The van der Waals surface area contributed by atoms with Crippen molar-refractivity contribution in [1.29, 1.82) is 0 Å². The topological polar surface area (TPSA) is 58.1 Å². The number of benzene rings is 1. The lowest BCUT2D eigenvalue weighted by Gasteiger charge is -2.35. The van der Waals surface area contributed by atoms with Crippen LogP contribution in [0.4, 0.5) is 10.2 Å². The van der Waals surface area contributed by atoms with Crippen molar-refractivity contribution in [2.24, 2.45) is 11.8 Å². The molecule has 158 valence electrons. The number of amides is 1. The van der Waals surface area contributed by atoms with Crippen molar-refractivity contribution in [3.8, 4) is 0 Å². The molecule has 2 aromatic heterocycles. The summed E-state index contributed by atoms with van der Waals surface area (Å²) in [7, 11) is 0. The maximum atomic E-state index is 14.4. The Labute approximate surface area is 179 Å². The Morgan fingerprint density at radius 1 is 1.17 bits per heavy atom. The van der Waals surface area contributed by atoms with Crippen molar-refractivity contribution in [3.05, 3.63) is 30.3 Å². The number of nitrogens with one attached hydrogen (secondary N) is 1. The maximum absolute atomic E-state index is 14.4. The van der Waals surface area contributed by atoms with Crippen LogP contribution < -0.4 is 10.2 Å². The second-order valence-electron chi connectivity index (χ2n) is 8.73. The molecule has 1 amide bonds. The van der Waals surface area contributed by atoms with E-state index in [0.717, 1.165) is 47.6 Å². The zero-order valence-electron chi connectivity index (χ0n) is 17.2. The molecule has 5 nitrogen and oxygen atoms in total. The quantitative estimate of drug-likeness (QED) is 0.648. The third kappa shape index (κ3) is 3.53. The van der Waals surface area contributed by atoms with Gasteiger partial charge in [0.25, 0.3) is 0 Å². The van der Waals surface area contributed by atoms with Crippen LogP contribution >= 0.6 is 11.3 Å². The van der Waals surface area contributed by atoms with Crippen LogP contribution in [0.2, 0.25) is 0 Å². The minimum Gasteiger partial charge on any atom is -0.355 e. The van der Waals surface area contributed by atoms with Gasteiger partial charge in [-0.3, -0.25) is 4.79 Å². The molecule has 1 saturated heterocycles. The Morgan fingerprint density at radius 2 is 1.97 bits per heavy atom. The Morgan fingerprint density at radius 3 is 2.77 bits per heavy atom. The highest BCUT2D eigenvalue weighted by atomic mass is 32.1. The first-order valence-electron chi connectivity index (χ1n) is 11.0. The molecular formula is C23H27FN4OS. The van der Waals surface area contributed by atoms with Crippen molar-refractivity contribution in [2.45, 2.75) is 51.5 Å². The number of anilines is 1. The van der Waals surface area contributed by atoms with Crippen LogP contribution in [-0.2, 0) is 4.79 Å². The molecular weight excluding hydrogens is 399 g/mol. The summed E-state index contributed by atoms with van der Waals surface area (Å²) in [5.41, 5.74) is 0.684. The Kier molecular flexibility index (Phi) is 5.31. The number of halogens is 1. The van der Waals surface area contributed by atoms with Gasteiger partial charge in [0, 0.05) is 29.7 Å². The molecule has 5 rings (SSSR count). The van der Waals surface area contributed by atoms with Crippen LogP contribution in [0.3, 0.4) is 0 Å². The van der Waals surface area contributed by atoms with Gasteiger partial charge in [-0.15, -0.1) is 11.3 Å². The highest BCUT2D eigenvalue weighted by molar-refractivity contribution is 7.26. The fourth-order valence-corrected chi connectivity index (χ4v) is 6.16. The van der Waals surface area contributed by atoms with E-state index >= 15 is 0 Å². The normalized spacial score (nSPS) is 23.2. The largest absolute Gasteiger partial charge is 0.355 e. The Bertz CT molecular complexity index is 1080. The molecule has 0 radical (unpaired) electrons. The lowest BCUT2D eigenvalue weighted by atomic mass is 9.85. The monoisotopic (exact) mass is 426 g/mol. The van der Waals surface area contributed by atoms with E-state index in [1.165, 1.54) is 31.7 Å². The lowest BCUT2D eigenvalue weighted by Crippen LogP contribution is -2.46. The van der Waals surface area contributed by atoms with E-state index in [4.69, 9.17) is 0 Å². The van der Waals surface area contributed by atoms with Crippen LogP contribution in [0.25, 0.3) is 20.3 Å². The second kappa shape index (κ2) is 8.10. The fourth-order valence-electron chi connectivity index (χ4n) is 4.98. The number of nitrogens with zero attached hydrogens (tertiary/aromatic N) is 3. The Hall–Kier alpha value is -2.28. The van der Waals surface area contributed by atoms with E-state index in [9.17, 15) is 9.18 Å². The first kappa shape index (κ1) is 19.7. The number of hydrogen-bond acceptors (Lipinski definition) is 5. The van der Waals surface area contributed by atoms with E-state index in [1.54, 1.807) is 17.4 Å². The molecule has 30 heavy (non-hydrogen) atoms. The van der Waals surface area contributed by atoms with Gasteiger partial charge in [-0.25, -0.2) is 14.4 Å². The van der Waals surface area contributed by atoms with Gasteiger partial charge in [0.15, 0.2) is 0 Å². The molecule has 1 N–H and O–H groups in total. The first-order chi connectivity index (χ1) is 14.6. The van der Waals surface area contributed by atoms with Crippen LogP contribution in [-0.4, -0.2) is 35.0 Å². The van der Waals surface area contributed by atoms with Gasteiger partial charge in [-0.1, -0.05) is 25.8 Å². The molecule has 1 aliphatic heterocycles. The summed E-state index contributed by atoms with van der Waals surface area (Å²) in [6.07, 6.45) is 7.97. The van der Waals surface area contributed by atoms with Gasteiger partial charge in [0.2, 0.25) is 5.91 Å². The highest BCUT2D eigenvalue weighted by Crippen LogP contribution is 2.39. The van der Waals surface area contributed by atoms with Crippen molar-refractivity contribution in [3.63, 3.8) is 0 Å². The number of carbonyl (C=O) groups is 1. The SMILES string of the molecule is C[C@H]1CCCC[C@@H]1NC(=O)C1CCN(c2ncnc3c2sc2cccc(F)c23)CC1. The molecule has 0 unspecified atom stereocenters. The number of aromatic nitrogens is 2. The number of rotatable bonds is 3. The number of thiophene rings is 1. The van der Waals surface area contributed by atoms with Gasteiger partial charge >= 0.3 is 0 Å². The van der Waals surface area contributed by atoms with Gasteiger partial charge in [0.05, 0.1) is 15.6 Å². The summed E-state index contributed by atoms with van der Waals surface area (Å²) >= 11 is 1.54. The molecule has 1 saturated carbocycles. The third-order valence-corrected chi connectivity index (χ3v) is 7.95. The molecule has 2 fully saturated rings. The zero-order chi connectivity index (χ0) is 20.7. The van der Waals surface area contributed by atoms with Crippen LogP contribution in [0.5, 0.6) is 0 Å². The summed E-state index contributed by atoms with van der Waals surface area (Å²) in [6.45, 7) is 3.81. The van der Waals surface area contributed by atoms with Crippen LogP contribution in [0.15, 0.2) is 24.5 Å². The smallest absolute Gasteiger partial charge is 0.223 e. The summed E-state index contributed by atoms with van der Waals surface area (Å²) in [6, 6.07) is 5.47. The minimum absolute atomic E-state index is 0.0626. The van der Waals surface area contributed by atoms with E-state index < -0.39 is 0 Å². The average molecular weight is 427 g/mol. The molecule has 1 aromatic carbocycles. The van der Waals surface area contributed by atoms with Gasteiger partial charge in [-0.2, -0.15) is 0 Å². The zero-order valence-corrected chi connectivity index (χ0v) is 18.1. The molecule has 2 aliphatic rings. The number of hydrogen-bond donors (Lipinski definition) is 1. The average Bonchev–Trinajstić information content (AvgIpc) is 3.15. The van der Waals surface area contributed by atoms with Crippen LogP contribution in [0.1, 0.15) is 45.4 Å². The van der Waals surface area contributed by atoms with Gasteiger partial charge < -0.3 is 10.2 Å². The van der Waals surface area contributed by atoms with Crippen LogP contribution in [0, 0.1) is 17.7 Å². The molecule has 2 atom stereocenters. The van der Waals surface area contributed by atoms with Crippen molar-refractivity contribution >= 4 is 43.4 Å². The first-order valence-corrected chi connectivity index (χ1v) is 11.8. The summed E-state index contributed by atoms with van der Waals surface area (Å²) in [5, 5.41) is 3.90. The predicted molar refractivity (Wildman–Crippen MR) is 119 cm³/mol. The number of fused-ring (bicyclic) bond motifs is 3. The maximum Gasteiger partial charge on any atom is 0.223 e. The molecule has 3 heterocycles. The molecule has 3 aromatic rings. The van der Waals surface area contributed by atoms with Crippen molar-refractivity contribution in [2.75, 3.05) is 18.0 Å². The van der Waals surface area contributed by atoms with Gasteiger partial charge in [0.1, 0.15) is 18.0 Å². The molecule has 7 heteroatoms. The van der Waals surface area contributed by atoms with Gasteiger partial charge in [-0.05, 0) is 43.7 Å². The predicted octanol–water partition coefficient (Wildman–Crippen LogP) is 4.89. The van der Waals surface area contributed by atoms with E-state index in [1.807, 2.05) is 6.07 Å². The summed E-state index contributed by atoms with van der Waals surface area (Å²) < 4.78 is 16.2. The Balaban J connectivity index is 1.31. The minimum atomic E-state index is -0.240. The summed E-state index contributed by atoms with van der Waals surface area (Å²) in [4.78, 5) is 24.0.